The molecule has 0 spiro atoms. The molecule has 42 heavy (non-hydrogen) atoms. The number of rotatable bonds is 9. The highest BCUT2D eigenvalue weighted by Crippen LogP contribution is 2.47. The smallest absolute Gasteiger partial charge is 0.336 e. The molecule has 2 aliphatic rings. The van der Waals surface area contributed by atoms with Crippen LogP contribution in [0.5, 0.6) is 11.5 Å². The maximum absolute atomic E-state index is 13.9. The summed E-state index contributed by atoms with van der Waals surface area (Å²) in [7, 11) is 1.59. The molecule has 0 saturated heterocycles. The Morgan fingerprint density at radius 3 is 2.38 bits per heavy atom. The van der Waals surface area contributed by atoms with E-state index in [1.54, 1.807) is 7.11 Å². The van der Waals surface area contributed by atoms with Crippen molar-refractivity contribution >= 4 is 23.4 Å². The van der Waals surface area contributed by atoms with Gasteiger partial charge in [-0.15, -0.1) is 0 Å². The molecular weight excluding hydrogens is 550 g/mol. The number of nitrogens with one attached hydrogen (secondary N) is 1. The highest BCUT2D eigenvalue weighted by Gasteiger charge is 2.41. The molecule has 5 rings (SSSR count). The van der Waals surface area contributed by atoms with Gasteiger partial charge in [0.2, 0.25) is 0 Å². The van der Waals surface area contributed by atoms with Crippen molar-refractivity contribution in [3.63, 3.8) is 0 Å². The summed E-state index contributed by atoms with van der Waals surface area (Å²) in [5.41, 5.74) is 5.41. The minimum atomic E-state index is -0.600. The molecule has 1 heterocycles. The van der Waals surface area contributed by atoms with Gasteiger partial charge < -0.3 is 19.5 Å². The Bertz CT molecular complexity index is 1520. The summed E-state index contributed by atoms with van der Waals surface area (Å²) < 4.78 is 17.5. The minimum absolute atomic E-state index is 0.00118. The van der Waals surface area contributed by atoms with Crippen LogP contribution in [0.15, 0.2) is 95.3 Å². The van der Waals surface area contributed by atoms with Gasteiger partial charge in [-0.3, -0.25) is 4.79 Å². The average Bonchev–Trinajstić information content (AvgIpc) is 2.98. The highest BCUT2D eigenvalue weighted by molar-refractivity contribution is 6.30. The molecule has 0 saturated carbocycles. The molecule has 0 bridgehead atoms. The number of allylic oxidation sites excluding steroid dienone is 3. The first kappa shape index (κ1) is 29.5. The number of methoxy groups -OCH3 is 1. The molecule has 218 valence electrons. The fourth-order valence-corrected chi connectivity index (χ4v) is 5.78. The molecule has 2 atom stereocenters. The van der Waals surface area contributed by atoms with Gasteiger partial charge in [0.05, 0.1) is 19.3 Å². The standard InChI is InChI=1S/C35H36ClNO5/c1-21(2)19-42-35(39)32-22(3)37-28-16-26(24-10-13-27(36)14-11-24)17-29(38)34(28)33(32)25-12-15-30(31(18-25)40-4)41-20-23-8-6-5-7-9-23/h5-15,18,21,26,33,37H,16-17,19-20H2,1-4H3/t26-,33-/m1/s1. The molecular formula is C35H36ClNO5. The Hall–Kier alpha value is -4.03. The van der Waals surface area contributed by atoms with Gasteiger partial charge in [-0.1, -0.05) is 74.0 Å². The van der Waals surface area contributed by atoms with Crippen molar-refractivity contribution in [2.45, 2.75) is 52.1 Å². The predicted molar refractivity (Wildman–Crippen MR) is 164 cm³/mol. The Balaban J connectivity index is 1.52. The number of esters is 1. The molecule has 6 nitrogen and oxygen atoms in total. The topological polar surface area (TPSA) is 73.9 Å². The van der Waals surface area contributed by atoms with Gasteiger partial charge in [0.1, 0.15) is 6.61 Å². The number of Topliss-reactive ketones (excluding diaryl/α,β-unsaturated/α-hetero) is 1. The van der Waals surface area contributed by atoms with Gasteiger partial charge in [0, 0.05) is 34.3 Å². The number of carbonyl (C=O) groups excluding carboxylic acids is 2. The Kier molecular flexibility index (Phi) is 9.03. The summed E-state index contributed by atoms with van der Waals surface area (Å²) in [5.74, 6) is 0.260. The van der Waals surface area contributed by atoms with E-state index in [9.17, 15) is 9.59 Å². The Morgan fingerprint density at radius 1 is 0.976 bits per heavy atom. The van der Waals surface area contributed by atoms with Gasteiger partial charge in [0.15, 0.2) is 17.3 Å². The fraction of sp³-hybridized carbons (Fsp3) is 0.314. The lowest BCUT2D eigenvalue weighted by Gasteiger charge is -2.37. The summed E-state index contributed by atoms with van der Waals surface area (Å²) in [6.45, 7) is 6.53. The molecule has 1 aliphatic heterocycles. The van der Waals surface area contributed by atoms with Gasteiger partial charge >= 0.3 is 5.97 Å². The molecule has 0 amide bonds. The number of halogens is 1. The number of dihydropyridines is 1. The number of carbonyl (C=O) groups is 2. The normalized spacial score (nSPS) is 18.5. The molecule has 1 N–H and O–H groups in total. The first-order chi connectivity index (χ1) is 20.2. The minimum Gasteiger partial charge on any atom is -0.493 e. The second-order valence-electron chi connectivity index (χ2n) is 11.2. The molecule has 0 aromatic heterocycles. The van der Waals surface area contributed by atoms with Crippen LogP contribution in [-0.2, 0) is 20.9 Å². The third kappa shape index (κ3) is 6.39. The van der Waals surface area contributed by atoms with E-state index in [1.165, 1.54) is 0 Å². The monoisotopic (exact) mass is 585 g/mol. The second-order valence-corrected chi connectivity index (χ2v) is 11.7. The predicted octanol–water partition coefficient (Wildman–Crippen LogP) is 7.49. The van der Waals surface area contributed by atoms with Crippen molar-refractivity contribution in [1.29, 1.82) is 0 Å². The number of benzene rings is 3. The molecule has 3 aromatic carbocycles. The summed E-state index contributed by atoms with van der Waals surface area (Å²) >= 11 is 6.12. The molecule has 0 fully saturated rings. The fourth-order valence-electron chi connectivity index (χ4n) is 5.65. The lowest BCUT2D eigenvalue weighted by molar-refractivity contribution is -0.140. The van der Waals surface area contributed by atoms with Crippen molar-refractivity contribution in [1.82, 2.24) is 5.32 Å². The van der Waals surface area contributed by atoms with Gasteiger partial charge in [-0.2, -0.15) is 0 Å². The zero-order valence-corrected chi connectivity index (χ0v) is 25.2. The van der Waals surface area contributed by atoms with Crippen LogP contribution in [0.2, 0.25) is 5.02 Å². The molecule has 3 aromatic rings. The van der Waals surface area contributed by atoms with E-state index in [0.29, 0.717) is 52.8 Å². The van der Waals surface area contributed by atoms with E-state index in [0.717, 1.165) is 22.4 Å². The zero-order chi connectivity index (χ0) is 29.8. The van der Waals surface area contributed by atoms with Gasteiger partial charge in [-0.05, 0) is 66.1 Å². The third-order valence-electron chi connectivity index (χ3n) is 7.69. The van der Waals surface area contributed by atoms with Crippen molar-refractivity contribution in [3.05, 3.63) is 117 Å². The van der Waals surface area contributed by atoms with Crippen LogP contribution in [0.4, 0.5) is 0 Å². The molecule has 0 unspecified atom stereocenters. The first-order valence-electron chi connectivity index (χ1n) is 14.3. The van der Waals surface area contributed by atoms with E-state index in [-0.39, 0.29) is 24.2 Å². The second kappa shape index (κ2) is 12.9. The lowest BCUT2D eigenvalue weighted by atomic mass is 9.71. The van der Waals surface area contributed by atoms with Crippen molar-refractivity contribution < 1.29 is 23.8 Å². The number of ether oxygens (including phenoxy) is 3. The van der Waals surface area contributed by atoms with Crippen LogP contribution in [0.1, 0.15) is 62.1 Å². The third-order valence-corrected chi connectivity index (χ3v) is 7.95. The van der Waals surface area contributed by atoms with Crippen molar-refractivity contribution in [3.8, 4) is 11.5 Å². The van der Waals surface area contributed by atoms with Crippen LogP contribution in [-0.4, -0.2) is 25.5 Å². The van der Waals surface area contributed by atoms with Gasteiger partial charge in [0.25, 0.3) is 0 Å². The zero-order valence-electron chi connectivity index (χ0n) is 24.4. The van der Waals surface area contributed by atoms with Crippen LogP contribution < -0.4 is 14.8 Å². The van der Waals surface area contributed by atoms with Crippen molar-refractivity contribution in [2.75, 3.05) is 13.7 Å². The van der Waals surface area contributed by atoms with Crippen LogP contribution in [0.25, 0.3) is 0 Å². The summed E-state index contributed by atoms with van der Waals surface area (Å²) in [5, 5.41) is 4.07. The van der Waals surface area contributed by atoms with E-state index < -0.39 is 11.9 Å². The van der Waals surface area contributed by atoms with Crippen molar-refractivity contribution in [2.24, 2.45) is 5.92 Å². The first-order valence-corrected chi connectivity index (χ1v) is 14.6. The number of ketones is 1. The molecule has 7 heteroatoms. The SMILES string of the molecule is COc1cc([C@@H]2C(C(=O)OCC(C)C)=C(C)NC3=C2C(=O)C[C@H](c2ccc(Cl)cc2)C3)ccc1OCc1ccccc1. The quantitative estimate of drug-likeness (QED) is 0.262. The molecule has 1 aliphatic carbocycles. The maximum Gasteiger partial charge on any atom is 0.336 e. The number of hydrogen-bond donors (Lipinski definition) is 1. The van der Waals surface area contributed by atoms with Crippen LogP contribution in [0.3, 0.4) is 0 Å². The summed E-state index contributed by atoms with van der Waals surface area (Å²) in [4.78, 5) is 27.5. The van der Waals surface area contributed by atoms with E-state index >= 15 is 0 Å². The Labute approximate surface area is 252 Å². The largest absolute Gasteiger partial charge is 0.493 e. The van der Waals surface area contributed by atoms with E-state index in [4.69, 9.17) is 25.8 Å². The Morgan fingerprint density at radius 2 is 1.69 bits per heavy atom. The number of hydrogen-bond acceptors (Lipinski definition) is 6. The van der Waals surface area contributed by atoms with Crippen LogP contribution >= 0.6 is 11.6 Å². The summed E-state index contributed by atoms with van der Waals surface area (Å²) in [6.07, 6.45) is 0.974. The average molecular weight is 586 g/mol. The van der Waals surface area contributed by atoms with E-state index in [2.05, 4.69) is 5.32 Å². The lowest BCUT2D eigenvalue weighted by Crippen LogP contribution is -2.36. The van der Waals surface area contributed by atoms with Crippen LogP contribution in [0, 0.1) is 5.92 Å². The maximum atomic E-state index is 13.9. The summed E-state index contributed by atoms with van der Waals surface area (Å²) in [6, 6.07) is 23.2. The van der Waals surface area contributed by atoms with Gasteiger partial charge in [-0.25, -0.2) is 4.79 Å². The molecule has 0 radical (unpaired) electrons. The highest BCUT2D eigenvalue weighted by atomic mass is 35.5. The van der Waals surface area contributed by atoms with E-state index in [1.807, 2.05) is 93.6 Å².